The van der Waals surface area contributed by atoms with E-state index in [1.165, 1.54) is 10.8 Å². The van der Waals surface area contributed by atoms with E-state index in [1.807, 2.05) is 12.2 Å². The van der Waals surface area contributed by atoms with Crippen LogP contribution < -0.4 is 0 Å². The number of fused-ring (bicyclic) bond motifs is 1. The molecule has 0 atom stereocenters. The van der Waals surface area contributed by atoms with E-state index in [0.29, 0.717) is 0 Å². The molecule has 1 aliphatic carbocycles. The van der Waals surface area contributed by atoms with Crippen molar-refractivity contribution in [2.45, 2.75) is 19.5 Å². The first-order chi connectivity index (χ1) is 8.70. The van der Waals surface area contributed by atoms with Crippen molar-refractivity contribution in [3.05, 3.63) is 66.8 Å². The van der Waals surface area contributed by atoms with E-state index < -0.39 is 0 Å². The summed E-state index contributed by atoms with van der Waals surface area (Å²) in [6.07, 6.45) is 10.0. The Morgan fingerprint density at radius 1 is 1.22 bits per heavy atom. The summed E-state index contributed by atoms with van der Waals surface area (Å²) in [6, 6.07) is 14.7. The van der Waals surface area contributed by atoms with Gasteiger partial charge in [-0.1, -0.05) is 6.07 Å². The van der Waals surface area contributed by atoms with Crippen LogP contribution in [0.25, 0.3) is 10.8 Å². The summed E-state index contributed by atoms with van der Waals surface area (Å²) in [5.74, 6) is 0. The molecule has 0 bridgehead atoms. The van der Waals surface area contributed by atoms with E-state index in [1.54, 1.807) is 23.3 Å². The van der Waals surface area contributed by atoms with Gasteiger partial charge in [0.15, 0.2) is 0 Å². The second kappa shape index (κ2) is 9.35. The van der Waals surface area contributed by atoms with Gasteiger partial charge in [0.2, 0.25) is 0 Å². The molecule has 18 heavy (non-hydrogen) atoms. The van der Waals surface area contributed by atoms with E-state index in [2.05, 4.69) is 67.7 Å². The van der Waals surface area contributed by atoms with Gasteiger partial charge in [-0.15, -0.1) is 36.1 Å². The summed E-state index contributed by atoms with van der Waals surface area (Å²) in [5.41, 5.74) is 0.210. The molecule has 0 nitrogen and oxygen atoms in total. The molecule has 0 spiro atoms. The van der Waals surface area contributed by atoms with Crippen LogP contribution in [0.3, 0.4) is 0 Å². The van der Waals surface area contributed by atoms with Gasteiger partial charge in [0.1, 0.15) is 0 Å². The first-order valence-electron chi connectivity index (χ1n) is 6.04. The maximum atomic E-state index is 2.99. The molecule has 0 aliphatic heterocycles. The third kappa shape index (κ3) is 6.98. The van der Waals surface area contributed by atoms with Gasteiger partial charge in [0.05, 0.1) is 0 Å². The van der Waals surface area contributed by atoms with Gasteiger partial charge >= 0.3 is 41.9 Å². The van der Waals surface area contributed by atoms with Crippen LogP contribution in [0.1, 0.15) is 6.42 Å². The van der Waals surface area contributed by atoms with Crippen molar-refractivity contribution in [3.8, 4) is 0 Å². The molecule has 0 saturated heterocycles. The normalized spacial score (nSPS) is 11.6. The zero-order valence-corrected chi connectivity index (χ0v) is 14.4. The minimum absolute atomic E-state index is 0.210. The van der Waals surface area contributed by atoms with E-state index >= 15 is 0 Å². The fourth-order valence-corrected chi connectivity index (χ4v) is 1.41. The standard InChI is InChI=1S/C9H7.C5H5.C2H6Si.Zr/c1-2-5-9-7-3-6-8(9)4-1;1-2-4-5-3-1;1-3-2;/h1-7H;1-3H,4H2;1-2H3;/q2*-1;;+2. The van der Waals surface area contributed by atoms with Crippen molar-refractivity contribution in [2.24, 2.45) is 0 Å². The van der Waals surface area contributed by atoms with Crippen molar-refractivity contribution in [2.75, 3.05) is 0 Å². The van der Waals surface area contributed by atoms with Crippen LogP contribution in [0.2, 0.25) is 13.1 Å². The first-order valence-corrected chi connectivity index (χ1v) is 12.2. The van der Waals surface area contributed by atoms with Crippen molar-refractivity contribution in [1.29, 1.82) is 0 Å². The molecular weight excluding hydrogens is 311 g/mol. The molecule has 0 fully saturated rings. The van der Waals surface area contributed by atoms with E-state index in [0.717, 1.165) is 6.42 Å². The minimum Gasteiger partial charge on any atom is -0.273 e. The molecule has 0 radical (unpaired) electrons. The zero-order valence-electron chi connectivity index (χ0n) is 11.0. The van der Waals surface area contributed by atoms with E-state index in [-0.39, 0.29) is 5.43 Å². The van der Waals surface area contributed by atoms with Gasteiger partial charge in [-0.05, 0) is 0 Å². The van der Waals surface area contributed by atoms with E-state index in [9.17, 15) is 0 Å². The average Bonchev–Trinajstić information content (AvgIpc) is 3.03. The first kappa shape index (κ1) is 15.5. The summed E-state index contributed by atoms with van der Waals surface area (Å²) in [4.78, 5) is 0. The molecule has 0 saturated carbocycles. The minimum atomic E-state index is 0.210. The summed E-state index contributed by atoms with van der Waals surface area (Å²) in [7, 11) is 0. The Balaban J connectivity index is 0.000000154. The zero-order chi connectivity index (χ0) is 13.2. The molecule has 2 aromatic carbocycles. The second-order valence-corrected chi connectivity index (χ2v) is 13.5. The van der Waals surface area contributed by atoms with Gasteiger partial charge in [0.25, 0.3) is 0 Å². The Morgan fingerprint density at radius 3 is 2.44 bits per heavy atom. The average molecular weight is 330 g/mol. The third-order valence-electron chi connectivity index (χ3n) is 2.13. The van der Waals surface area contributed by atoms with Gasteiger partial charge in [-0.25, -0.2) is 12.2 Å². The maximum absolute atomic E-state index is 2.99. The predicted molar refractivity (Wildman–Crippen MR) is 78.6 cm³/mol. The number of hydrogen-bond acceptors (Lipinski definition) is 0. The van der Waals surface area contributed by atoms with Crippen molar-refractivity contribution in [3.63, 3.8) is 0 Å². The Morgan fingerprint density at radius 2 is 1.94 bits per heavy atom. The Kier molecular flexibility index (Phi) is 8.04. The topological polar surface area (TPSA) is 0 Å². The molecule has 0 amide bonds. The molecule has 2 aromatic rings. The second-order valence-electron chi connectivity index (χ2n) is 4.16. The van der Waals surface area contributed by atoms with Crippen LogP contribution in [0.15, 0.2) is 60.7 Å². The number of rotatable bonds is 0. The molecule has 0 aromatic heterocycles. The van der Waals surface area contributed by atoms with Crippen LogP contribution in [-0.2, 0) is 23.3 Å². The van der Waals surface area contributed by atoms with Gasteiger partial charge in [-0.3, -0.25) is 6.08 Å². The molecule has 1 aliphatic rings. The molecule has 0 heterocycles. The summed E-state index contributed by atoms with van der Waals surface area (Å²) >= 11 is 1.74. The van der Waals surface area contributed by atoms with Crippen LogP contribution in [0, 0.1) is 6.08 Å². The summed E-state index contributed by atoms with van der Waals surface area (Å²) < 4.78 is 0. The van der Waals surface area contributed by atoms with Gasteiger partial charge in [0, 0.05) is 0 Å². The quantitative estimate of drug-likeness (QED) is 0.487. The maximum Gasteiger partial charge on any atom is -0.0809 e. The number of allylic oxidation sites excluding steroid dienone is 4. The Labute approximate surface area is 125 Å². The van der Waals surface area contributed by atoms with Crippen LogP contribution >= 0.6 is 0 Å². The number of hydrogen-bond donors (Lipinski definition) is 0. The SMILES string of the molecule is C[Si](C)=[Zr+2].[C-]1=CC=CC1.c1ccc2[cH-]ccc2c1. The van der Waals surface area contributed by atoms with Gasteiger partial charge < -0.3 is 0 Å². The Hall–Kier alpha value is -0.590. The monoisotopic (exact) mass is 328 g/mol. The molecule has 0 N–H and O–H groups in total. The predicted octanol–water partition coefficient (Wildman–Crippen LogP) is 4.65. The molecular formula is C16H18SiZr. The van der Waals surface area contributed by atoms with Crippen LogP contribution in [0.4, 0.5) is 0 Å². The molecule has 3 rings (SSSR count). The van der Waals surface area contributed by atoms with E-state index in [4.69, 9.17) is 0 Å². The summed E-state index contributed by atoms with van der Waals surface area (Å²) in [6.45, 7) is 4.62. The smallest absolute Gasteiger partial charge is 0.0809 e. The summed E-state index contributed by atoms with van der Waals surface area (Å²) in [5, 5.41) is 2.66. The third-order valence-corrected chi connectivity index (χ3v) is 2.13. The molecule has 90 valence electrons. The largest absolute Gasteiger partial charge is 0.273 e. The van der Waals surface area contributed by atoms with Crippen LogP contribution in [-0.4, -0.2) is 5.43 Å². The molecule has 2 heteroatoms. The Bertz CT molecular complexity index is 491. The fraction of sp³-hybridized carbons (Fsp3) is 0.188. The molecule has 0 unspecified atom stereocenters. The van der Waals surface area contributed by atoms with Crippen molar-refractivity contribution < 1.29 is 23.3 Å². The van der Waals surface area contributed by atoms with Crippen molar-refractivity contribution in [1.82, 2.24) is 0 Å². The number of benzene rings is 1. The van der Waals surface area contributed by atoms with Crippen LogP contribution in [0.5, 0.6) is 0 Å². The fourth-order valence-electron chi connectivity index (χ4n) is 1.41. The van der Waals surface area contributed by atoms with Gasteiger partial charge in [-0.2, -0.15) is 23.6 Å². The van der Waals surface area contributed by atoms with Crippen molar-refractivity contribution >= 4 is 16.2 Å².